The second kappa shape index (κ2) is 81.5. The van der Waals surface area contributed by atoms with Gasteiger partial charge >= 0.3 is 52.4 Å². The molecule has 29 nitrogen and oxygen atoms in total. The standard InChI is InChI=1S/2Bi.6NO3.5H2O/c;;6*2-1(3)4;;;;;/h;;;;;;;;5*1H2/q2*+3;6*-1;;;;;. The van der Waals surface area contributed by atoms with Crippen molar-refractivity contribution in [1.29, 1.82) is 0 Å². The van der Waals surface area contributed by atoms with Crippen LogP contribution < -0.4 is 0 Å². The first kappa shape index (κ1) is 91.2. The molecular formula is H10Bi2N6O23. The van der Waals surface area contributed by atoms with Gasteiger partial charge in [-0.05, 0) is 0 Å². The van der Waals surface area contributed by atoms with E-state index in [0.717, 1.165) is 0 Å². The third-order valence-electron chi connectivity index (χ3n) is 0. The Kier molecular flexibility index (Phi) is 240. The fourth-order valence-electron chi connectivity index (χ4n) is 0. The molecule has 0 aromatic heterocycles. The van der Waals surface area contributed by atoms with Crippen LogP contribution in [0.1, 0.15) is 0 Å². The smallest absolute Gasteiger partial charge is 0.412 e. The Morgan fingerprint density at radius 1 is 0.258 bits per heavy atom. The summed E-state index contributed by atoms with van der Waals surface area (Å²) in [6.07, 6.45) is 0. The molecule has 188 valence electrons. The first-order valence-corrected chi connectivity index (χ1v) is 3.29. The molecule has 0 saturated carbocycles. The first-order chi connectivity index (χ1) is 10.4. The zero-order chi connectivity index (χ0) is 21.5. The van der Waals surface area contributed by atoms with Gasteiger partial charge in [-0.15, -0.1) is 0 Å². The predicted octanol–water partition coefficient (Wildman–Crippen LogP) is -6.32. The van der Waals surface area contributed by atoms with E-state index in [2.05, 4.69) is 0 Å². The van der Waals surface area contributed by atoms with Crippen LogP contribution in [0.3, 0.4) is 0 Å². The van der Waals surface area contributed by atoms with E-state index in [-0.39, 0.29) is 79.8 Å². The summed E-state index contributed by atoms with van der Waals surface area (Å²) < 4.78 is 0. The normalized spacial score (nSPS) is 4.65. The molecule has 0 heterocycles. The van der Waals surface area contributed by atoms with E-state index in [1.54, 1.807) is 0 Å². The van der Waals surface area contributed by atoms with Crippen molar-refractivity contribution < 1.29 is 57.9 Å². The quantitative estimate of drug-likeness (QED) is 0.124. The zero-order valence-corrected chi connectivity index (χ0v) is 20.4. The van der Waals surface area contributed by atoms with Crippen LogP contribution in [-0.2, 0) is 0 Å². The van der Waals surface area contributed by atoms with E-state index in [9.17, 15) is 0 Å². The van der Waals surface area contributed by atoms with Gasteiger partial charge in [0.15, 0.2) is 0 Å². The largest absolute Gasteiger partial charge is 3.00 e. The van der Waals surface area contributed by atoms with Gasteiger partial charge < -0.3 is 119 Å². The Balaban J connectivity index is -0.0000000109. The van der Waals surface area contributed by atoms with E-state index < -0.39 is 30.5 Å². The van der Waals surface area contributed by atoms with Crippen molar-refractivity contribution in [2.75, 3.05) is 0 Å². The van der Waals surface area contributed by atoms with Gasteiger partial charge in [0, 0.05) is 0 Å². The summed E-state index contributed by atoms with van der Waals surface area (Å²) >= 11 is 0. The van der Waals surface area contributed by atoms with Gasteiger partial charge in [-0.1, -0.05) is 0 Å². The van der Waals surface area contributed by atoms with E-state index in [1.807, 2.05) is 0 Å². The van der Waals surface area contributed by atoms with Crippen molar-refractivity contribution >= 4 is 52.4 Å². The molecule has 0 aliphatic carbocycles. The first-order valence-electron chi connectivity index (χ1n) is 3.29. The molecule has 0 saturated heterocycles. The van der Waals surface area contributed by atoms with Gasteiger partial charge in [0.25, 0.3) is 0 Å². The summed E-state index contributed by atoms with van der Waals surface area (Å²) in [7, 11) is 0. The molecule has 0 rings (SSSR count). The number of hydrogen-bond acceptors (Lipinski definition) is 18. The van der Waals surface area contributed by atoms with Crippen molar-refractivity contribution in [3.8, 4) is 0 Å². The molecule has 0 amide bonds. The van der Waals surface area contributed by atoms with Crippen molar-refractivity contribution in [3.05, 3.63) is 91.9 Å². The molecule has 0 unspecified atom stereocenters. The Morgan fingerprint density at radius 2 is 0.258 bits per heavy atom. The van der Waals surface area contributed by atoms with Crippen LogP contribution in [0.4, 0.5) is 0 Å². The average molecular weight is 880 g/mol. The SMILES string of the molecule is O.O.O.O.O.O=[N+]([O-])[O-].O=[N+]([O-])[O-].O=[N+]([O-])[O-].O=[N+]([O-])[O-].O=[N+]([O-])[O-].O=[N+]([O-])[O-].[Bi+3].[Bi+3]. The van der Waals surface area contributed by atoms with E-state index in [1.165, 1.54) is 0 Å². The Hall–Kier alpha value is -3.23. The van der Waals surface area contributed by atoms with Crippen molar-refractivity contribution in [3.63, 3.8) is 0 Å². The Morgan fingerprint density at radius 3 is 0.258 bits per heavy atom. The molecule has 4 radical (unpaired) electrons. The molecule has 0 aromatic carbocycles. The summed E-state index contributed by atoms with van der Waals surface area (Å²) in [5.41, 5.74) is 0. The number of rotatable bonds is 0. The molecule has 0 aromatic rings. The van der Waals surface area contributed by atoms with Gasteiger partial charge in [0.05, 0.1) is 30.5 Å². The van der Waals surface area contributed by atoms with Crippen LogP contribution in [0.5, 0.6) is 0 Å². The molecule has 0 fully saturated rings. The molecule has 10 N–H and O–H groups in total. The fraction of sp³-hybridized carbons (Fsp3) is 0. The maximum atomic E-state index is 8.25. The Bertz CT molecular complexity index is 263. The second-order valence-electron chi connectivity index (χ2n) is 1.34. The van der Waals surface area contributed by atoms with E-state index in [4.69, 9.17) is 91.9 Å². The Labute approximate surface area is 202 Å². The van der Waals surface area contributed by atoms with E-state index in [0.29, 0.717) is 0 Å². The minimum atomic E-state index is -1.75. The molecule has 0 spiro atoms. The minimum Gasteiger partial charge on any atom is -0.412 e. The van der Waals surface area contributed by atoms with Crippen molar-refractivity contribution in [2.45, 2.75) is 0 Å². The van der Waals surface area contributed by atoms with Crippen LogP contribution in [0, 0.1) is 91.9 Å². The topological polar surface area (TPSA) is 555 Å². The molecule has 0 aliphatic rings. The second-order valence-corrected chi connectivity index (χ2v) is 1.34. The van der Waals surface area contributed by atoms with Crippen LogP contribution in [0.15, 0.2) is 0 Å². The summed E-state index contributed by atoms with van der Waals surface area (Å²) in [5.74, 6) is 0. The summed E-state index contributed by atoms with van der Waals surface area (Å²) in [4.78, 5) is 49.5. The average Bonchev–Trinajstić information content (AvgIpc) is 2.08. The van der Waals surface area contributed by atoms with Gasteiger partial charge in [0.2, 0.25) is 0 Å². The number of nitrogens with zero attached hydrogens (tertiary/aromatic N) is 6. The van der Waals surface area contributed by atoms with Crippen LogP contribution in [0.2, 0.25) is 0 Å². The zero-order valence-electron chi connectivity index (χ0n) is 13.4. The number of hydrogen-bond donors (Lipinski definition) is 0. The third-order valence-corrected chi connectivity index (χ3v) is 0. The minimum absolute atomic E-state index is 0. The molecule has 31 heteroatoms. The third kappa shape index (κ3) is 1570. The molecule has 31 heavy (non-hydrogen) atoms. The van der Waals surface area contributed by atoms with E-state index >= 15 is 0 Å². The molecule has 0 atom stereocenters. The predicted molar refractivity (Wildman–Crippen MR) is 91.7 cm³/mol. The maximum Gasteiger partial charge on any atom is 3.00 e. The monoisotopic (exact) mass is 880 g/mol. The summed E-state index contributed by atoms with van der Waals surface area (Å²) in [6, 6.07) is 0. The molecule has 0 bridgehead atoms. The summed E-state index contributed by atoms with van der Waals surface area (Å²) in [5, 5.41) is 88.5. The summed E-state index contributed by atoms with van der Waals surface area (Å²) in [6.45, 7) is 0. The fourth-order valence-corrected chi connectivity index (χ4v) is 0. The van der Waals surface area contributed by atoms with Crippen LogP contribution in [-0.4, -0.2) is 110 Å². The molecule has 0 aliphatic heterocycles. The van der Waals surface area contributed by atoms with Gasteiger partial charge in [-0.25, -0.2) is 0 Å². The van der Waals surface area contributed by atoms with Crippen molar-refractivity contribution in [1.82, 2.24) is 0 Å². The van der Waals surface area contributed by atoms with Gasteiger partial charge in [-0.2, -0.15) is 0 Å². The van der Waals surface area contributed by atoms with Gasteiger partial charge in [-0.3, -0.25) is 0 Å². The van der Waals surface area contributed by atoms with Crippen LogP contribution in [0.25, 0.3) is 0 Å². The van der Waals surface area contributed by atoms with Gasteiger partial charge in [0.1, 0.15) is 0 Å². The molecular weight excluding hydrogens is 870 g/mol. The maximum absolute atomic E-state index is 8.25. The van der Waals surface area contributed by atoms with Crippen LogP contribution >= 0.6 is 0 Å². The van der Waals surface area contributed by atoms with Crippen molar-refractivity contribution in [2.24, 2.45) is 0 Å².